The first-order valence-corrected chi connectivity index (χ1v) is 6.98. The maximum absolute atomic E-state index is 7.74. The summed E-state index contributed by atoms with van der Waals surface area (Å²) in [5.41, 5.74) is 8.03. The van der Waals surface area contributed by atoms with E-state index in [1.807, 2.05) is 27.7 Å². The van der Waals surface area contributed by atoms with Crippen LogP contribution in [-0.4, -0.2) is 35.4 Å². The Balaban J connectivity index is 2.92. The minimum atomic E-state index is -0.0359. The second kappa shape index (κ2) is 7.79. The number of nitrogens with two attached hydrogens (primary N) is 1. The minimum absolute atomic E-state index is 0.0359. The average Bonchev–Trinajstić information content (AvgIpc) is 2.41. The zero-order valence-electron chi connectivity index (χ0n) is 12.7. The van der Waals surface area contributed by atoms with E-state index < -0.39 is 0 Å². The number of ether oxygens (including phenoxy) is 2. The Morgan fingerprint density at radius 1 is 1.20 bits per heavy atom. The van der Waals surface area contributed by atoms with Crippen LogP contribution in [0.5, 0.6) is 5.88 Å². The van der Waals surface area contributed by atoms with Gasteiger partial charge in [-0.25, -0.2) is 0 Å². The van der Waals surface area contributed by atoms with Crippen LogP contribution in [0, 0.1) is 5.41 Å². The highest BCUT2D eigenvalue weighted by Gasteiger charge is 2.17. The predicted molar refractivity (Wildman–Crippen MR) is 78.4 cm³/mol. The molecule has 1 aromatic heterocycles. The second-order valence-corrected chi connectivity index (χ2v) is 4.69. The van der Waals surface area contributed by atoms with Crippen molar-refractivity contribution in [1.29, 1.82) is 5.41 Å². The third-order valence-electron chi connectivity index (χ3n) is 2.86. The van der Waals surface area contributed by atoms with Crippen molar-refractivity contribution in [3.8, 4) is 5.88 Å². The normalized spacial score (nSPS) is 10.8. The van der Waals surface area contributed by atoms with Gasteiger partial charge in [0.15, 0.2) is 0 Å². The summed E-state index contributed by atoms with van der Waals surface area (Å²) in [4.78, 5) is 0. The van der Waals surface area contributed by atoms with E-state index in [-0.39, 0.29) is 11.9 Å². The number of nitrogens with zero attached hydrogens (tertiary/aromatic N) is 2. The lowest BCUT2D eigenvalue weighted by atomic mass is 10.0. The summed E-state index contributed by atoms with van der Waals surface area (Å²) in [5, 5.41) is 15.9. The quantitative estimate of drug-likeness (QED) is 0.429. The zero-order valence-corrected chi connectivity index (χ0v) is 12.7. The zero-order chi connectivity index (χ0) is 15.1. The Morgan fingerprint density at radius 3 is 2.40 bits per heavy atom. The number of amidine groups is 1. The van der Waals surface area contributed by atoms with Crippen LogP contribution in [0.2, 0.25) is 0 Å². The number of hydrogen-bond donors (Lipinski definition) is 2. The molecule has 0 atom stereocenters. The first-order valence-electron chi connectivity index (χ1n) is 6.98. The summed E-state index contributed by atoms with van der Waals surface area (Å²) in [6.45, 7) is 8.77. The van der Waals surface area contributed by atoms with Gasteiger partial charge in [-0.2, -0.15) is 5.10 Å². The third-order valence-corrected chi connectivity index (χ3v) is 2.86. The molecule has 0 aliphatic carbocycles. The van der Waals surface area contributed by atoms with E-state index >= 15 is 0 Å². The molecule has 0 aliphatic heterocycles. The van der Waals surface area contributed by atoms with Crippen LogP contribution >= 0.6 is 0 Å². The van der Waals surface area contributed by atoms with Gasteiger partial charge in [0.05, 0.1) is 24.0 Å². The van der Waals surface area contributed by atoms with E-state index in [1.165, 1.54) is 0 Å². The molecule has 0 aromatic carbocycles. The summed E-state index contributed by atoms with van der Waals surface area (Å²) >= 11 is 0. The number of nitrogen functional groups attached to an aromatic ring is 1. The smallest absolute Gasteiger partial charge is 0.244 e. The molecule has 1 aromatic rings. The Hall–Kier alpha value is -1.69. The fourth-order valence-corrected chi connectivity index (χ4v) is 1.96. The standard InChI is InChI=1S/C14H24N4O2/c1-5-10-11(6-2)17-18-14(12(10)13(15)16)20-8-7-19-9(3)4/h9H,5-8H2,1-4H3,(H3,15,16). The number of rotatable bonds is 8. The van der Waals surface area contributed by atoms with Crippen LogP contribution in [0.3, 0.4) is 0 Å². The van der Waals surface area contributed by atoms with Gasteiger partial charge in [-0.1, -0.05) is 13.8 Å². The summed E-state index contributed by atoms with van der Waals surface area (Å²) in [5.74, 6) is 0.283. The molecule has 3 N–H and O–H groups in total. The molecule has 0 saturated heterocycles. The van der Waals surface area contributed by atoms with Gasteiger partial charge in [0.1, 0.15) is 12.4 Å². The molecule has 0 spiro atoms. The van der Waals surface area contributed by atoms with Crippen molar-refractivity contribution in [2.45, 2.75) is 46.6 Å². The number of hydrogen-bond acceptors (Lipinski definition) is 5. The highest BCUT2D eigenvalue weighted by molar-refractivity contribution is 5.98. The highest BCUT2D eigenvalue weighted by Crippen LogP contribution is 2.22. The number of aromatic nitrogens is 2. The summed E-state index contributed by atoms with van der Waals surface area (Å²) < 4.78 is 11.0. The summed E-state index contributed by atoms with van der Waals surface area (Å²) in [6.07, 6.45) is 1.66. The Kier molecular flexibility index (Phi) is 6.38. The van der Waals surface area contributed by atoms with Gasteiger partial charge in [-0.05, 0) is 32.3 Å². The van der Waals surface area contributed by atoms with E-state index in [0.717, 1.165) is 24.1 Å². The second-order valence-electron chi connectivity index (χ2n) is 4.69. The van der Waals surface area contributed by atoms with E-state index in [0.29, 0.717) is 24.7 Å². The molecule has 1 heterocycles. The van der Waals surface area contributed by atoms with Gasteiger partial charge in [0.25, 0.3) is 0 Å². The molecule has 0 fully saturated rings. The van der Waals surface area contributed by atoms with Crippen molar-refractivity contribution in [1.82, 2.24) is 10.2 Å². The lowest BCUT2D eigenvalue weighted by Gasteiger charge is -2.15. The Bertz CT molecular complexity index is 461. The van der Waals surface area contributed by atoms with E-state index in [2.05, 4.69) is 10.2 Å². The molecular weight excluding hydrogens is 256 g/mol. The summed E-state index contributed by atoms with van der Waals surface area (Å²) in [6, 6.07) is 0. The van der Waals surface area contributed by atoms with E-state index in [4.69, 9.17) is 20.6 Å². The number of nitrogens with one attached hydrogen (secondary N) is 1. The molecule has 0 unspecified atom stereocenters. The van der Waals surface area contributed by atoms with Crippen LogP contribution < -0.4 is 10.5 Å². The average molecular weight is 280 g/mol. The van der Waals surface area contributed by atoms with Crippen molar-refractivity contribution in [3.63, 3.8) is 0 Å². The first-order chi connectivity index (χ1) is 9.51. The molecule has 0 saturated carbocycles. The van der Waals surface area contributed by atoms with E-state index in [9.17, 15) is 0 Å². The highest BCUT2D eigenvalue weighted by atomic mass is 16.5. The van der Waals surface area contributed by atoms with Crippen molar-refractivity contribution >= 4 is 5.84 Å². The fraction of sp³-hybridized carbons (Fsp3) is 0.643. The van der Waals surface area contributed by atoms with Gasteiger partial charge in [-0.15, -0.1) is 5.10 Å². The Morgan fingerprint density at radius 2 is 1.90 bits per heavy atom. The number of aryl methyl sites for hydroxylation is 1. The van der Waals surface area contributed by atoms with Gasteiger partial charge in [-0.3, -0.25) is 5.41 Å². The molecule has 0 amide bonds. The lowest BCUT2D eigenvalue weighted by Crippen LogP contribution is -2.20. The van der Waals surface area contributed by atoms with Crippen LogP contribution in [0.25, 0.3) is 0 Å². The third kappa shape index (κ3) is 4.16. The molecule has 6 heteroatoms. The molecule has 0 radical (unpaired) electrons. The maximum atomic E-state index is 7.74. The van der Waals surface area contributed by atoms with Crippen molar-refractivity contribution < 1.29 is 9.47 Å². The van der Waals surface area contributed by atoms with Crippen molar-refractivity contribution in [2.24, 2.45) is 5.73 Å². The van der Waals surface area contributed by atoms with Crippen LogP contribution in [0.1, 0.15) is 44.5 Å². The SMILES string of the molecule is CCc1nnc(OCCOC(C)C)c(C(=N)N)c1CC. The topological polar surface area (TPSA) is 94.1 Å². The van der Waals surface area contributed by atoms with Crippen molar-refractivity contribution in [2.75, 3.05) is 13.2 Å². The van der Waals surface area contributed by atoms with E-state index in [1.54, 1.807) is 0 Å². The van der Waals surface area contributed by atoms with Gasteiger partial charge < -0.3 is 15.2 Å². The largest absolute Gasteiger partial charge is 0.474 e. The van der Waals surface area contributed by atoms with Crippen LogP contribution in [-0.2, 0) is 17.6 Å². The minimum Gasteiger partial charge on any atom is -0.474 e. The Labute approximate surface area is 120 Å². The molecule has 6 nitrogen and oxygen atoms in total. The molecule has 20 heavy (non-hydrogen) atoms. The lowest BCUT2D eigenvalue weighted by molar-refractivity contribution is 0.0539. The summed E-state index contributed by atoms with van der Waals surface area (Å²) in [7, 11) is 0. The molecule has 112 valence electrons. The molecule has 0 aliphatic rings. The molecular formula is C14H24N4O2. The predicted octanol–water partition coefficient (Wildman–Crippen LogP) is 1.69. The molecule has 0 bridgehead atoms. The van der Waals surface area contributed by atoms with Crippen LogP contribution in [0.15, 0.2) is 0 Å². The van der Waals surface area contributed by atoms with Gasteiger partial charge in [0, 0.05) is 0 Å². The molecule has 1 rings (SSSR count). The van der Waals surface area contributed by atoms with Crippen LogP contribution in [0.4, 0.5) is 0 Å². The van der Waals surface area contributed by atoms with Crippen molar-refractivity contribution in [3.05, 3.63) is 16.8 Å². The maximum Gasteiger partial charge on any atom is 0.244 e. The monoisotopic (exact) mass is 280 g/mol. The first kappa shape index (κ1) is 16.4. The fourth-order valence-electron chi connectivity index (χ4n) is 1.96. The van der Waals surface area contributed by atoms with Gasteiger partial charge >= 0.3 is 0 Å². The van der Waals surface area contributed by atoms with Gasteiger partial charge in [0.2, 0.25) is 5.88 Å².